The van der Waals surface area contributed by atoms with Gasteiger partial charge in [-0.05, 0) is 30.9 Å². The van der Waals surface area contributed by atoms with Crippen molar-refractivity contribution in [3.05, 3.63) is 29.0 Å². The number of aliphatic hydroxyl groups is 1. The van der Waals surface area contributed by atoms with Crippen LogP contribution >= 0.6 is 11.6 Å². The fraction of sp³-hybridized carbons (Fsp3) is 0.538. The van der Waals surface area contributed by atoms with Crippen LogP contribution in [0.5, 0.6) is 0 Å². The lowest BCUT2D eigenvalue weighted by Gasteiger charge is -2.26. The number of aromatic nitrogens is 1. The first-order valence-corrected chi connectivity index (χ1v) is 6.26. The molecular formula is C13H19ClN2O2. The predicted molar refractivity (Wildman–Crippen MR) is 71.7 cm³/mol. The molecule has 0 bridgehead atoms. The standard InChI is InChI=1S/C13H19ClN2O2/c1-9(17)6-13(2,3)8-16-12(18)10-4-5-11(14)15-7-10/h4-5,7,9,17H,6,8H2,1-3H3,(H,16,18). The lowest BCUT2D eigenvalue weighted by molar-refractivity contribution is 0.0901. The third-order valence-electron chi connectivity index (χ3n) is 2.57. The number of carbonyl (C=O) groups excluding carboxylic acids is 1. The van der Waals surface area contributed by atoms with Crippen molar-refractivity contribution >= 4 is 17.5 Å². The largest absolute Gasteiger partial charge is 0.393 e. The number of halogens is 1. The maximum Gasteiger partial charge on any atom is 0.252 e. The van der Waals surface area contributed by atoms with E-state index in [1.54, 1.807) is 19.1 Å². The molecule has 0 saturated heterocycles. The highest BCUT2D eigenvalue weighted by atomic mass is 35.5. The normalized spacial score (nSPS) is 13.2. The topological polar surface area (TPSA) is 62.2 Å². The Labute approximate surface area is 112 Å². The molecule has 0 spiro atoms. The van der Waals surface area contributed by atoms with Crippen LogP contribution in [0.4, 0.5) is 0 Å². The van der Waals surface area contributed by atoms with Crippen LogP contribution in [0.3, 0.4) is 0 Å². The molecule has 1 rings (SSSR count). The molecule has 5 heteroatoms. The molecule has 1 aromatic heterocycles. The van der Waals surface area contributed by atoms with Gasteiger partial charge in [0.05, 0.1) is 11.7 Å². The van der Waals surface area contributed by atoms with Crippen molar-refractivity contribution < 1.29 is 9.90 Å². The van der Waals surface area contributed by atoms with Gasteiger partial charge in [0.15, 0.2) is 0 Å². The van der Waals surface area contributed by atoms with Crippen LogP contribution in [-0.2, 0) is 0 Å². The fourth-order valence-electron chi connectivity index (χ4n) is 1.80. The third kappa shape index (κ3) is 5.02. The van der Waals surface area contributed by atoms with Gasteiger partial charge in [-0.15, -0.1) is 0 Å². The minimum absolute atomic E-state index is 0.149. The molecule has 0 saturated carbocycles. The zero-order chi connectivity index (χ0) is 13.8. The Morgan fingerprint density at radius 1 is 1.56 bits per heavy atom. The van der Waals surface area contributed by atoms with Gasteiger partial charge in [0.1, 0.15) is 5.15 Å². The minimum Gasteiger partial charge on any atom is -0.393 e. The summed E-state index contributed by atoms with van der Waals surface area (Å²) in [5.41, 5.74) is 0.330. The van der Waals surface area contributed by atoms with E-state index in [1.807, 2.05) is 13.8 Å². The molecule has 1 aromatic rings. The second kappa shape index (κ2) is 6.16. The summed E-state index contributed by atoms with van der Waals surface area (Å²) >= 11 is 5.65. The Kier molecular flexibility index (Phi) is 5.11. The summed E-state index contributed by atoms with van der Waals surface area (Å²) in [5, 5.41) is 12.6. The number of pyridine rings is 1. The molecular weight excluding hydrogens is 252 g/mol. The Morgan fingerprint density at radius 2 is 2.22 bits per heavy atom. The summed E-state index contributed by atoms with van der Waals surface area (Å²) in [6.45, 7) is 6.24. The maximum absolute atomic E-state index is 11.8. The first-order valence-electron chi connectivity index (χ1n) is 5.88. The molecule has 18 heavy (non-hydrogen) atoms. The van der Waals surface area contributed by atoms with Gasteiger partial charge in [-0.2, -0.15) is 0 Å². The summed E-state index contributed by atoms with van der Waals surface area (Å²) in [4.78, 5) is 15.7. The van der Waals surface area contributed by atoms with E-state index in [4.69, 9.17) is 11.6 Å². The molecule has 1 amide bonds. The van der Waals surface area contributed by atoms with E-state index in [1.165, 1.54) is 6.20 Å². The second-order valence-corrected chi connectivity index (χ2v) is 5.66. The molecule has 4 nitrogen and oxygen atoms in total. The van der Waals surface area contributed by atoms with Crippen LogP contribution in [0.1, 0.15) is 37.6 Å². The summed E-state index contributed by atoms with van der Waals surface area (Å²) in [6, 6.07) is 3.21. The van der Waals surface area contributed by atoms with Gasteiger partial charge < -0.3 is 10.4 Å². The Hall–Kier alpha value is -1.13. The number of carbonyl (C=O) groups is 1. The average molecular weight is 271 g/mol. The maximum atomic E-state index is 11.8. The van der Waals surface area contributed by atoms with Gasteiger partial charge in [-0.3, -0.25) is 4.79 Å². The van der Waals surface area contributed by atoms with Crippen LogP contribution in [0.25, 0.3) is 0 Å². The summed E-state index contributed by atoms with van der Waals surface area (Å²) in [7, 11) is 0. The van der Waals surface area contributed by atoms with E-state index in [0.29, 0.717) is 23.7 Å². The fourth-order valence-corrected chi connectivity index (χ4v) is 1.92. The van der Waals surface area contributed by atoms with E-state index < -0.39 is 0 Å². The van der Waals surface area contributed by atoms with E-state index in [-0.39, 0.29) is 17.4 Å². The van der Waals surface area contributed by atoms with Crippen molar-refractivity contribution in [3.8, 4) is 0 Å². The lowest BCUT2D eigenvalue weighted by Crippen LogP contribution is -2.35. The molecule has 0 fully saturated rings. The molecule has 0 aliphatic rings. The van der Waals surface area contributed by atoms with Crippen molar-refractivity contribution in [3.63, 3.8) is 0 Å². The zero-order valence-electron chi connectivity index (χ0n) is 10.9. The quantitative estimate of drug-likeness (QED) is 0.807. The molecule has 0 aromatic carbocycles. The van der Waals surface area contributed by atoms with Crippen LogP contribution in [0, 0.1) is 5.41 Å². The van der Waals surface area contributed by atoms with Crippen molar-refractivity contribution in [2.75, 3.05) is 6.54 Å². The first-order chi connectivity index (χ1) is 8.30. The second-order valence-electron chi connectivity index (χ2n) is 5.27. The van der Waals surface area contributed by atoms with Crippen molar-refractivity contribution in [2.45, 2.75) is 33.3 Å². The molecule has 1 atom stereocenters. The highest BCUT2D eigenvalue weighted by molar-refractivity contribution is 6.29. The van der Waals surface area contributed by atoms with Gasteiger partial charge in [-0.25, -0.2) is 4.98 Å². The lowest BCUT2D eigenvalue weighted by atomic mass is 9.87. The zero-order valence-corrected chi connectivity index (χ0v) is 11.7. The predicted octanol–water partition coefficient (Wildman–Crippen LogP) is 2.26. The van der Waals surface area contributed by atoms with E-state index >= 15 is 0 Å². The molecule has 0 aliphatic heterocycles. The minimum atomic E-state index is -0.380. The first kappa shape index (κ1) is 14.9. The Morgan fingerprint density at radius 3 is 2.72 bits per heavy atom. The summed E-state index contributed by atoms with van der Waals surface area (Å²) < 4.78 is 0. The molecule has 0 aliphatic carbocycles. The number of amides is 1. The Bertz CT molecular complexity index is 402. The molecule has 2 N–H and O–H groups in total. The van der Waals surface area contributed by atoms with Crippen LogP contribution in [0.2, 0.25) is 5.15 Å². The number of rotatable bonds is 5. The van der Waals surface area contributed by atoms with Crippen molar-refractivity contribution in [1.82, 2.24) is 10.3 Å². The van der Waals surface area contributed by atoms with Crippen molar-refractivity contribution in [1.29, 1.82) is 0 Å². The third-order valence-corrected chi connectivity index (χ3v) is 2.79. The van der Waals surface area contributed by atoms with E-state index in [0.717, 1.165) is 0 Å². The van der Waals surface area contributed by atoms with Crippen LogP contribution in [0.15, 0.2) is 18.3 Å². The van der Waals surface area contributed by atoms with Gasteiger partial charge in [0.25, 0.3) is 5.91 Å². The smallest absolute Gasteiger partial charge is 0.252 e. The van der Waals surface area contributed by atoms with Crippen LogP contribution in [-0.4, -0.2) is 28.6 Å². The number of nitrogens with zero attached hydrogens (tertiary/aromatic N) is 1. The molecule has 1 heterocycles. The van der Waals surface area contributed by atoms with E-state index in [2.05, 4.69) is 10.3 Å². The van der Waals surface area contributed by atoms with Gasteiger partial charge in [-0.1, -0.05) is 25.4 Å². The van der Waals surface area contributed by atoms with Gasteiger partial charge in [0.2, 0.25) is 0 Å². The number of hydrogen-bond donors (Lipinski definition) is 2. The average Bonchev–Trinajstić information content (AvgIpc) is 2.25. The SMILES string of the molecule is CC(O)CC(C)(C)CNC(=O)c1ccc(Cl)nc1. The molecule has 1 unspecified atom stereocenters. The van der Waals surface area contributed by atoms with E-state index in [9.17, 15) is 9.90 Å². The monoisotopic (exact) mass is 270 g/mol. The molecule has 0 radical (unpaired) electrons. The number of hydrogen-bond acceptors (Lipinski definition) is 3. The van der Waals surface area contributed by atoms with Gasteiger partial charge in [0, 0.05) is 12.7 Å². The molecule has 100 valence electrons. The highest BCUT2D eigenvalue weighted by Gasteiger charge is 2.21. The Balaban J connectivity index is 2.53. The number of nitrogens with one attached hydrogen (secondary N) is 1. The summed E-state index contributed by atoms with van der Waals surface area (Å²) in [5.74, 6) is -0.183. The number of aliphatic hydroxyl groups excluding tert-OH is 1. The van der Waals surface area contributed by atoms with Gasteiger partial charge >= 0.3 is 0 Å². The van der Waals surface area contributed by atoms with Crippen molar-refractivity contribution in [2.24, 2.45) is 5.41 Å². The highest BCUT2D eigenvalue weighted by Crippen LogP contribution is 2.21. The summed E-state index contributed by atoms with van der Waals surface area (Å²) in [6.07, 6.45) is 1.69. The van der Waals surface area contributed by atoms with Crippen LogP contribution < -0.4 is 5.32 Å².